The number of halogens is 1. The lowest BCUT2D eigenvalue weighted by molar-refractivity contribution is -0.117. The highest BCUT2D eigenvalue weighted by atomic mass is 35.5. The largest absolute Gasteiger partial charge is 0.511 e. The van der Waals surface area contributed by atoms with Crippen LogP contribution in [-0.2, 0) is 17.6 Å². The molecule has 0 heterocycles. The van der Waals surface area contributed by atoms with Crippen LogP contribution in [0.3, 0.4) is 0 Å². The van der Waals surface area contributed by atoms with Crippen LogP contribution in [0, 0.1) is 11.8 Å². The van der Waals surface area contributed by atoms with E-state index in [1.165, 1.54) is 0 Å². The molecule has 1 unspecified atom stereocenters. The number of aryl methyl sites for hydroxylation is 2. The molecule has 0 aromatic heterocycles. The summed E-state index contributed by atoms with van der Waals surface area (Å²) in [6, 6.07) is 12.2. The SMILES string of the molecule is CCc1cc(-c2ccc(Cl)cc2)cc(CC)c1C1=C(O)C2CC[C@H](C2)C1=O. The number of benzene rings is 2. The van der Waals surface area contributed by atoms with Gasteiger partial charge in [0.1, 0.15) is 5.76 Å². The molecule has 2 aromatic rings. The average Bonchev–Trinajstić information content (AvgIpc) is 3.14. The van der Waals surface area contributed by atoms with Crippen molar-refractivity contribution in [2.45, 2.75) is 46.0 Å². The van der Waals surface area contributed by atoms with Gasteiger partial charge >= 0.3 is 0 Å². The molecular weight excluding hydrogens is 356 g/mol. The molecule has 0 saturated heterocycles. The third-order valence-electron chi connectivity index (χ3n) is 6.18. The highest BCUT2D eigenvalue weighted by molar-refractivity contribution is 6.30. The van der Waals surface area contributed by atoms with Crippen LogP contribution in [-0.4, -0.2) is 10.9 Å². The zero-order valence-electron chi connectivity index (χ0n) is 15.9. The van der Waals surface area contributed by atoms with Crippen molar-refractivity contribution in [2.75, 3.05) is 0 Å². The van der Waals surface area contributed by atoms with Crippen LogP contribution in [0.15, 0.2) is 42.2 Å². The average molecular weight is 381 g/mol. The predicted octanol–water partition coefficient (Wildman–Crippen LogP) is 6.40. The lowest BCUT2D eigenvalue weighted by atomic mass is 9.79. The highest BCUT2D eigenvalue weighted by Gasteiger charge is 2.42. The zero-order valence-corrected chi connectivity index (χ0v) is 16.6. The van der Waals surface area contributed by atoms with Crippen molar-refractivity contribution in [3.05, 3.63) is 63.9 Å². The fraction of sp³-hybridized carbons (Fsp3) is 0.375. The summed E-state index contributed by atoms with van der Waals surface area (Å²) < 4.78 is 0. The molecule has 4 rings (SSSR count). The minimum Gasteiger partial charge on any atom is -0.511 e. The molecular formula is C24H25ClO2. The quantitative estimate of drug-likeness (QED) is 0.666. The monoisotopic (exact) mass is 380 g/mol. The van der Waals surface area contributed by atoms with Crippen molar-refractivity contribution >= 4 is 23.0 Å². The van der Waals surface area contributed by atoms with Crippen LogP contribution in [0.4, 0.5) is 0 Å². The summed E-state index contributed by atoms with van der Waals surface area (Å²) in [6.07, 6.45) is 4.30. The fourth-order valence-corrected chi connectivity index (χ4v) is 4.84. The Bertz CT molecular complexity index is 899. The molecule has 0 radical (unpaired) electrons. The maximum atomic E-state index is 13.1. The van der Waals surface area contributed by atoms with E-state index in [0.717, 1.165) is 64.9 Å². The van der Waals surface area contributed by atoms with Crippen molar-refractivity contribution in [3.63, 3.8) is 0 Å². The smallest absolute Gasteiger partial charge is 0.169 e. The maximum Gasteiger partial charge on any atom is 0.169 e. The minimum atomic E-state index is 0.0891. The Morgan fingerprint density at radius 2 is 1.56 bits per heavy atom. The minimum absolute atomic E-state index is 0.0891. The second-order valence-electron chi connectivity index (χ2n) is 7.71. The Morgan fingerprint density at radius 1 is 0.963 bits per heavy atom. The topological polar surface area (TPSA) is 37.3 Å². The van der Waals surface area contributed by atoms with Gasteiger partial charge in [-0.05, 0) is 72.1 Å². The Balaban J connectivity index is 1.90. The third kappa shape index (κ3) is 3.10. The van der Waals surface area contributed by atoms with Gasteiger partial charge in [-0.15, -0.1) is 0 Å². The van der Waals surface area contributed by atoms with Gasteiger partial charge in [0.15, 0.2) is 5.78 Å². The first-order valence-electron chi connectivity index (χ1n) is 9.92. The van der Waals surface area contributed by atoms with E-state index < -0.39 is 0 Å². The second kappa shape index (κ2) is 7.16. The Kier molecular flexibility index (Phi) is 4.86. The number of ketones is 1. The molecule has 2 bridgehead atoms. The zero-order chi connectivity index (χ0) is 19.1. The summed E-state index contributed by atoms with van der Waals surface area (Å²) in [6.45, 7) is 4.23. The lowest BCUT2D eigenvalue weighted by Gasteiger charge is -2.25. The van der Waals surface area contributed by atoms with Crippen LogP contribution in [0.2, 0.25) is 5.02 Å². The fourth-order valence-electron chi connectivity index (χ4n) is 4.71. The van der Waals surface area contributed by atoms with Gasteiger partial charge in [-0.2, -0.15) is 0 Å². The molecule has 0 aliphatic heterocycles. The van der Waals surface area contributed by atoms with Crippen molar-refractivity contribution < 1.29 is 9.90 Å². The van der Waals surface area contributed by atoms with Crippen molar-refractivity contribution in [1.82, 2.24) is 0 Å². The molecule has 1 fully saturated rings. The second-order valence-corrected chi connectivity index (χ2v) is 8.15. The van der Waals surface area contributed by atoms with Gasteiger partial charge in [0.2, 0.25) is 0 Å². The normalized spacial score (nSPS) is 21.8. The number of fused-ring (bicyclic) bond motifs is 2. The first-order valence-corrected chi connectivity index (χ1v) is 10.3. The number of Topliss-reactive ketones (excluding diaryl/α,β-unsaturated/α-hetero) is 1. The molecule has 1 N–H and O–H groups in total. The molecule has 2 atom stereocenters. The molecule has 140 valence electrons. The molecule has 3 heteroatoms. The van der Waals surface area contributed by atoms with E-state index in [0.29, 0.717) is 11.3 Å². The van der Waals surface area contributed by atoms with E-state index >= 15 is 0 Å². The molecule has 0 amide bonds. The van der Waals surface area contributed by atoms with Gasteiger partial charge in [-0.1, -0.05) is 49.7 Å². The first-order chi connectivity index (χ1) is 13.0. The van der Waals surface area contributed by atoms with Crippen LogP contribution >= 0.6 is 11.6 Å². The van der Waals surface area contributed by atoms with Gasteiger partial charge < -0.3 is 5.11 Å². The number of hydrogen-bond acceptors (Lipinski definition) is 2. The van der Waals surface area contributed by atoms with Gasteiger partial charge in [0.25, 0.3) is 0 Å². The van der Waals surface area contributed by atoms with E-state index in [2.05, 4.69) is 26.0 Å². The van der Waals surface area contributed by atoms with Crippen molar-refractivity contribution in [2.24, 2.45) is 11.8 Å². The van der Waals surface area contributed by atoms with Crippen molar-refractivity contribution in [1.29, 1.82) is 0 Å². The molecule has 27 heavy (non-hydrogen) atoms. The Hall–Kier alpha value is -2.06. The van der Waals surface area contributed by atoms with Gasteiger partial charge in [0, 0.05) is 16.9 Å². The number of carbonyl (C=O) groups excluding carboxylic acids is 1. The molecule has 1 saturated carbocycles. The third-order valence-corrected chi connectivity index (χ3v) is 6.44. The Labute approximate surface area is 165 Å². The summed E-state index contributed by atoms with van der Waals surface area (Å²) in [5.41, 5.74) is 6.10. The highest BCUT2D eigenvalue weighted by Crippen LogP contribution is 2.47. The maximum absolute atomic E-state index is 13.1. The summed E-state index contributed by atoms with van der Waals surface area (Å²) in [7, 11) is 0. The van der Waals surface area contributed by atoms with Crippen LogP contribution in [0.25, 0.3) is 16.7 Å². The molecule has 2 aliphatic carbocycles. The number of aliphatic hydroxyl groups excluding tert-OH is 1. The predicted molar refractivity (Wildman–Crippen MR) is 111 cm³/mol. The number of aliphatic hydroxyl groups is 1. The Morgan fingerprint density at radius 3 is 2.15 bits per heavy atom. The number of allylic oxidation sites excluding steroid dienone is 2. The summed E-state index contributed by atoms with van der Waals surface area (Å²) in [5, 5.41) is 11.6. The number of carbonyl (C=O) groups is 1. The van der Waals surface area contributed by atoms with E-state index in [1.807, 2.05) is 24.3 Å². The molecule has 2 nitrogen and oxygen atoms in total. The first kappa shape index (κ1) is 18.3. The lowest BCUT2D eigenvalue weighted by Crippen LogP contribution is -2.22. The van der Waals surface area contributed by atoms with E-state index in [-0.39, 0.29) is 17.6 Å². The molecule has 0 spiro atoms. The van der Waals surface area contributed by atoms with Gasteiger partial charge in [-0.25, -0.2) is 0 Å². The van der Waals surface area contributed by atoms with Crippen LogP contribution in [0.1, 0.15) is 49.8 Å². The summed E-state index contributed by atoms with van der Waals surface area (Å²) >= 11 is 6.04. The van der Waals surface area contributed by atoms with Gasteiger partial charge in [-0.3, -0.25) is 4.79 Å². The summed E-state index contributed by atoms with van der Waals surface area (Å²) in [5.74, 6) is 0.724. The standard InChI is InChI=1S/C24H25ClO2/c1-3-14-11-19(16-7-9-20(25)10-8-16)12-15(4-2)21(14)22-23(26)17-5-6-18(13-17)24(22)27/h7-12,17-18,26H,3-6,13H2,1-2H3/t17?,18-/m1/s1. The van der Waals surface area contributed by atoms with Crippen LogP contribution in [0.5, 0.6) is 0 Å². The molecule has 2 aromatic carbocycles. The van der Waals surface area contributed by atoms with Crippen LogP contribution < -0.4 is 0 Å². The number of rotatable bonds is 4. The number of hydrogen-bond donors (Lipinski definition) is 1. The van der Waals surface area contributed by atoms with E-state index in [9.17, 15) is 9.90 Å². The van der Waals surface area contributed by atoms with Crippen molar-refractivity contribution in [3.8, 4) is 11.1 Å². The van der Waals surface area contributed by atoms with Gasteiger partial charge in [0.05, 0.1) is 5.57 Å². The van der Waals surface area contributed by atoms with E-state index in [1.54, 1.807) is 0 Å². The summed E-state index contributed by atoms with van der Waals surface area (Å²) in [4.78, 5) is 13.1. The van der Waals surface area contributed by atoms with E-state index in [4.69, 9.17) is 11.6 Å². The molecule has 2 aliphatic rings.